The molecule has 0 aliphatic carbocycles. The van der Waals surface area contributed by atoms with E-state index in [0.29, 0.717) is 0 Å². The fraction of sp³-hybridized carbons (Fsp3) is 0.400. The summed E-state index contributed by atoms with van der Waals surface area (Å²) in [6.07, 6.45) is 0. The van der Waals surface area contributed by atoms with E-state index in [0.717, 1.165) is 16.4 Å². The smallest absolute Gasteiger partial charge is 0.246 e. The predicted molar refractivity (Wildman–Crippen MR) is 60.3 cm³/mol. The zero-order valence-electron chi connectivity index (χ0n) is 9.40. The lowest BCUT2D eigenvalue weighted by Gasteiger charge is -2.26. The van der Waals surface area contributed by atoms with Gasteiger partial charge in [0.25, 0.3) is 0 Å². The summed E-state index contributed by atoms with van der Waals surface area (Å²) in [5.41, 5.74) is 5.20. The van der Waals surface area contributed by atoms with Gasteiger partial charge in [-0.1, -0.05) is 0 Å². The largest absolute Gasteiger partial charge is 0.399 e. The van der Waals surface area contributed by atoms with Crippen LogP contribution in [0.1, 0.15) is 0 Å². The Morgan fingerprint density at radius 2 is 1.83 bits per heavy atom. The van der Waals surface area contributed by atoms with Gasteiger partial charge in [-0.25, -0.2) is 17.2 Å². The highest BCUT2D eigenvalue weighted by Gasteiger charge is 2.30. The van der Waals surface area contributed by atoms with Crippen LogP contribution >= 0.6 is 0 Å². The lowest BCUT2D eigenvalue weighted by Crippen LogP contribution is -2.41. The summed E-state index contributed by atoms with van der Waals surface area (Å²) in [5, 5.41) is 0. The van der Waals surface area contributed by atoms with Gasteiger partial charge in [-0.05, 0) is 12.1 Å². The average Bonchev–Trinajstić information content (AvgIpc) is 2.34. The highest BCUT2D eigenvalue weighted by atomic mass is 32.2. The number of halogens is 2. The molecular formula is C10H12F2N2O3S. The van der Waals surface area contributed by atoms with Gasteiger partial charge in [0.15, 0.2) is 11.6 Å². The molecule has 1 heterocycles. The van der Waals surface area contributed by atoms with Gasteiger partial charge in [0.05, 0.1) is 13.2 Å². The standard InChI is InChI=1S/C10H12F2N2O3S/c11-8-5-7(13)6-9(10(8)12)18(15,16)14-1-3-17-4-2-14/h5-6H,1-4,13H2. The van der Waals surface area contributed by atoms with Crippen LogP contribution in [-0.4, -0.2) is 39.0 Å². The minimum absolute atomic E-state index is 0.109. The third kappa shape index (κ3) is 2.31. The molecule has 1 saturated heterocycles. The van der Waals surface area contributed by atoms with E-state index in [1.54, 1.807) is 0 Å². The van der Waals surface area contributed by atoms with Gasteiger partial charge in [0.2, 0.25) is 10.0 Å². The number of rotatable bonds is 2. The lowest BCUT2D eigenvalue weighted by molar-refractivity contribution is 0.0729. The fourth-order valence-corrected chi connectivity index (χ4v) is 3.21. The van der Waals surface area contributed by atoms with E-state index < -0.39 is 26.6 Å². The van der Waals surface area contributed by atoms with E-state index >= 15 is 0 Å². The summed E-state index contributed by atoms with van der Waals surface area (Å²) in [6, 6.07) is 1.66. The van der Waals surface area contributed by atoms with Crippen molar-refractivity contribution in [2.45, 2.75) is 4.90 Å². The Kier molecular flexibility index (Phi) is 3.51. The maximum atomic E-state index is 13.6. The molecule has 0 bridgehead atoms. The van der Waals surface area contributed by atoms with Crippen LogP contribution in [0.25, 0.3) is 0 Å². The molecule has 1 aliphatic heterocycles. The van der Waals surface area contributed by atoms with E-state index in [1.807, 2.05) is 0 Å². The molecule has 8 heteroatoms. The molecule has 100 valence electrons. The Bertz CT molecular complexity index is 556. The number of nitrogen functional groups attached to an aromatic ring is 1. The first kappa shape index (κ1) is 13.2. The monoisotopic (exact) mass is 278 g/mol. The first-order chi connectivity index (χ1) is 8.43. The van der Waals surface area contributed by atoms with Crippen LogP contribution in [-0.2, 0) is 14.8 Å². The number of hydrogen-bond donors (Lipinski definition) is 1. The number of ether oxygens (including phenoxy) is 1. The third-order valence-electron chi connectivity index (χ3n) is 2.61. The van der Waals surface area contributed by atoms with Gasteiger partial charge in [0.1, 0.15) is 4.90 Å². The quantitative estimate of drug-likeness (QED) is 0.803. The molecule has 2 N–H and O–H groups in total. The van der Waals surface area contributed by atoms with Crippen molar-refractivity contribution in [3.05, 3.63) is 23.8 Å². The van der Waals surface area contributed by atoms with Crippen molar-refractivity contribution in [1.29, 1.82) is 0 Å². The van der Waals surface area contributed by atoms with Crippen molar-refractivity contribution in [2.24, 2.45) is 0 Å². The van der Waals surface area contributed by atoms with Crippen molar-refractivity contribution < 1.29 is 21.9 Å². The zero-order valence-corrected chi connectivity index (χ0v) is 10.2. The topological polar surface area (TPSA) is 72.6 Å². The molecule has 0 aromatic heterocycles. The number of anilines is 1. The van der Waals surface area contributed by atoms with Crippen LogP contribution < -0.4 is 5.73 Å². The van der Waals surface area contributed by atoms with Crippen LogP contribution in [0.2, 0.25) is 0 Å². The van der Waals surface area contributed by atoms with Crippen LogP contribution in [0.5, 0.6) is 0 Å². The molecule has 1 aromatic rings. The predicted octanol–water partition coefficient (Wildman–Crippen LogP) is 0.568. The SMILES string of the molecule is Nc1cc(F)c(F)c(S(=O)(=O)N2CCOCC2)c1. The first-order valence-electron chi connectivity index (χ1n) is 5.25. The highest BCUT2D eigenvalue weighted by Crippen LogP contribution is 2.24. The van der Waals surface area contributed by atoms with Gasteiger partial charge in [-0.15, -0.1) is 0 Å². The van der Waals surface area contributed by atoms with E-state index in [2.05, 4.69) is 0 Å². The van der Waals surface area contributed by atoms with Crippen molar-refractivity contribution in [3.8, 4) is 0 Å². The molecule has 0 radical (unpaired) electrons. The van der Waals surface area contributed by atoms with E-state index in [4.69, 9.17) is 10.5 Å². The zero-order chi connectivity index (χ0) is 13.3. The molecule has 5 nitrogen and oxygen atoms in total. The molecular weight excluding hydrogens is 266 g/mol. The number of sulfonamides is 1. The second kappa shape index (κ2) is 4.79. The van der Waals surface area contributed by atoms with Gasteiger partial charge in [0, 0.05) is 18.8 Å². The summed E-state index contributed by atoms with van der Waals surface area (Å²) < 4.78 is 57.0. The van der Waals surface area contributed by atoms with E-state index in [-0.39, 0.29) is 32.0 Å². The highest BCUT2D eigenvalue weighted by molar-refractivity contribution is 7.89. The van der Waals surface area contributed by atoms with Crippen molar-refractivity contribution in [1.82, 2.24) is 4.31 Å². The summed E-state index contributed by atoms with van der Waals surface area (Å²) in [7, 11) is -4.08. The van der Waals surface area contributed by atoms with Crippen LogP contribution in [0.15, 0.2) is 17.0 Å². The van der Waals surface area contributed by atoms with Crippen LogP contribution in [0.3, 0.4) is 0 Å². The van der Waals surface area contributed by atoms with Crippen molar-refractivity contribution >= 4 is 15.7 Å². The maximum Gasteiger partial charge on any atom is 0.246 e. The van der Waals surface area contributed by atoms with Gasteiger partial charge >= 0.3 is 0 Å². The Morgan fingerprint density at radius 3 is 2.44 bits per heavy atom. The minimum Gasteiger partial charge on any atom is -0.399 e. The van der Waals surface area contributed by atoms with E-state index in [9.17, 15) is 17.2 Å². The fourth-order valence-electron chi connectivity index (χ4n) is 1.70. The Balaban J connectivity index is 2.46. The number of nitrogens with zero attached hydrogens (tertiary/aromatic N) is 1. The molecule has 0 atom stereocenters. The number of hydrogen-bond acceptors (Lipinski definition) is 4. The second-order valence-electron chi connectivity index (χ2n) is 3.83. The van der Waals surface area contributed by atoms with Crippen LogP contribution in [0, 0.1) is 11.6 Å². The normalized spacial score (nSPS) is 17.9. The Morgan fingerprint density at radius 1 is 1.22 bits per heavy atom. The van der Waals surface area contributed by atoms with Crippen LogP contribution in [0.4, 0.5) is 14.5 Å². The Hall–Kier alpha value is -1.25. The molecule has 0 unspecified atom stereocenters. The third-order valence-corrected chi connectivity index (χ3v) is 4.50. The lowest BCUT2D eigenvalue weighted by atomic mass is 10.3. The molecule has 1 aromatic carbocycles. The summed E-state index contributed by atoms with van der Waals surface area (Å²) >= 11 is 0. The summed E-state index contributed by atoms with van der Waals surface area (Å²) in [4.78, 5) is -0.734. The second-order valence-corrected chi connectivity index (χ2v) is 5.74. The molecule has 0 amide bonds. The molecule has 1 fully saturated rings. The average molecular weight is 278 g/mol. The maximum absolute atomic E-state index is 13.6. The van der Waals surface area contributed by atoms with Gasteiger partial charge in [-0.3, -0.25) is 0 Å². The van der Waals surface area contributed by atoms with E-state index in [1.165, 1.54) is 0 Å². The summed E-state index contributed by atoms with van der Waals surface area (Å²) in [6.45, 7) is 0.674. The molecule has 0 spiro atoms. The molecule has 18 heavy (non-hydrogen) atoms. The van der Waals surface area contributed by atoms with Crippen molar-refractivity contribution in [3.63, 3.8) is 0 Å². The molecule has 0 saturated carbocycles. The summed E-state index contributed by atoms with van der Waals surface area (Å²) in [5.74, 6) is -2.68. The molecule has 2 rings (SSSR count). The molecule has 1 aliphatic rings. The minimum atomic E-state index is -4.08. The Labute approximate surface area is 103 Å². The van der Waals surface area contributed by atoms with Crippen molar-refractivity contribution in [2.75, 3.05) is 32.0 Å². The van der Waals surface area contributed by atoms with Gasteiger partial charge in [-0.2, -0.15) is 4.31 Å². The number of benzene rings is 1. The first-order valence-corrected chi connectivity index (χ1v) is 6.69. The number of morpholine rings is 1. The van der Waals surface area contributed by atoms with Gasteiger partial charge < -0.3 is 10.5 Å². The number of nitrogens with two attached hydrogens (primary N) is 1.